The van der Waals surface area contributed by atoms with E-state index in [9.17, 15) is 4.79 Å². The fraction of sp³-hybridized carbons (Fsp3) is 0.550. The number of fused-ring (bicyclic) bond motifs is 1. The largest absolute Gasteiger partial charge is 0.444 e. The Balaban J connectivity index is 1.54. The number of piperazine rings is 1. The molecule has 1 aliphatic rings. The molecule has 8 heteroatoms. The van der Waals surface area contributed by atoms with Crippen molar-refractivity contribution in [2.75, 3.05) is 38.0 Å². The van der Waals surface area contributed by atoms with Crippen molar-refractivity contribution in [1.29, 1.82) is 0 Å². The van der Waals surface area contributed by atoms with Crippen LogP contribution in [0.25, 0.3) is 10.9 Å². The van der Waals surface area contributed by atoms with Gasteiger partial charge in [-0.25, -0.2) is 14.8 Å². The van der Waals surface area contributed by atoms with Crippen molar-refractivity contribution in [1.82, 2.24) is 19.8 Å². The number of ether oxygens (including phenoxy) is 1. The molecule has 1 amide bonds. The monoisotopic (exact) mass is 449 g/mol. The molecular formula is C20H28BrN5O2. The van der Waals surface area contributed by atoms with Crippen LogP contribution in [0.1, 0.15) is 27.7 Å². The van der Waals surface area contributed by atoms with E-state index in [2.05, 4.69) is 43.0 Å². The van der Waals surface area contributed by atoms with E-state index in [1.165, 1.54) is 0 Å². The number of nitrogens with one attached hydrogen (secondary N) is 1. The first kappa shape index (κ1) is 20.8. The van der Waals surface area contributed by atoms with Crippen LogP contribution >= 0.6 is 15.9 Å². The number of carbonyl (C=O) groups excluding carboxylic acids is 1. The smallest absolute Gasteiger partial charge is 0.410 e. The number of halogens is 1. The standard InChI is InChI=1S/C20H28BrN5O2/c1-14(24-18-15-6-5-7-16(21)17(15)22-13-23-18)12-25-8-10-26(11-9-25)19(27)28-20(2,3)4/h5-7,13-14H,8-12H2,1-4H3,(H,22,23,24)/t14-/m0/s1. The number of benzene rings is 1. The van der Waals surface area contributed by atoms with Gasteiger partial charge < -0.3 is 15.0 Å². The number of nitrogens with zero attached hydrogens (tertiary/aromatic N) is 4. The van der Waals surface area contributed by atoms with Crippen molar-refractivity contribution in [2.24, 2.45) is 0 Å². The van der Waals surface area contributed by atoms with E-state index in [-0.39, 0.29) is 12.1 Å². The van der Waals surface area contributed by atoms with Gasteiger partial charge in [0.25, 0.3) is 0 Å². The number of amides is 1. The highest BCUT2D eigenvalue weighted by Gasteiger charge is 2.26. The van der Waals surface area contributed by atoms with Crippen LogP contribution < -0.4 is 5.32 Å². The number of aromatic nitrogens is 2. The first-order valence-electron chi connectivity index (χ1n) is 9.59. The molecule has 0 unspecified atom stereocenters. The summed E-state index contributed by atoms with van der Waals surface area (Å²) in [7, 11) is 0. The van der Waals surface area contributed by atoms with E-state index >= 15 is 0 Å². The Bertz CT molecular complexity index is 831. The third kappa shape index (κ3) is 5.32. The van der Waals surface area contributed by atoms with Crippen LogP contribution in [0.4, 0.5) is 10.6 Å². The Morgan fingerprint density at radius 2 is 1.96 bits per heavy atom. The van der Waals surface area contributed by atoms with Crippen molar-refractivity contribution in [2.45, 2.75) is 39.3 Å². The van der Waals surface area contributed by atoms with E-state index in [0.29, 0.717) is 13.1 Å². The highest BCUT2D eigenvalue weighted by atomic mass is 79.9. The summed E-state index contributed by atoms with van der Waals surface area (Å²) in [6.07, 6.45) is 1.36. The summed E-state index contributed by atoms with van der Waals surface area (Å²) < 4.78 is 6.42. The molecule has 152 valence electrons. The molecule has 28 heavy (non-hydrogen) atoms. The summed E-state index contributed by atoms with van der Waals surface area (Å²) in [6.45, 7) is 11.7. The molecular weight excluding hydrogens is 422 g/mol. The summed E-state index contributed by atoms with van der Waals surface area (Å²) in [4.78, 5) is 25.1. The SMILES string of the molecule is C[C@@H](CN1CCN(C(=O)OC(C)(C)C)CC1)Nc1ncnc2c(Br)cccc12. The maximum Gasteiger partial charge on any atom is 0.410 e. The average molecular weight is 450 g/mol. The summed E-state index contributed by atoms with van der Waals surface area (Å²) in [5, 5.41) is 4.50. The van der Waals surface area contributed by atoms with Gasteiger partial charge in [-0.05, 0) is 55.8 Å². The number of hydrogen-bond acceptors (Lipinski definition) is 6. The Morgan fingerprint density at radius 1 is 1.25 bits per heavy atom. The van der Waals surface area contributed by atoms with Gasteiger partial charge in [0, 0.05) is 48.6 Å². The number of hydrogen-bond donors (Lipinski definition) is 1. The molecule has 1 saturated heterocycles. The minimum Gasteiger partial charge on any atom is -0.444 e. The number of carbonyl (C=O) groups is 1. The predicted octanol–water partition coefficient (Wildman–Crippen LogP) is 3.75. The predicted molar refractivity (Wildman–Crippen MR) is 115 cm³/mol. The van der Waals surface area contributed by atoms with Gasteiger partial charge in [-0.1, -0.05) is 6.07 Å². The van der Waals surface area contributed by atoms with Crippen LogP contribution in [0.15, 0.2) is 29.0 Å². The van der Waals surface area contributed by atoms with Gasteiger partial charge in [0.05, 0.1) is 5.52 Å². The molecule has 1 aromatic heterocycles. The van der Waals surface area contributed by atoms with E-state index < -0.39 is 5.60 Å². The lowest BCUT2D eigenvalue weighted by molar-refractivity contribution is 0.0144. The third-order valence-corrected chi connectivity index (χ3v) is 5.19. The van der Waals surface area contributed by atoms with Gasteiger partial charge in [-0.15, -0.1) is 0 Å². The zero-order valence-electron chi connectivity index (χ0n) is 16.9. The molecule has 1 aliphatic heterocycles. The van der Waals surface area contributed by atoms with Crippen molar-refractivity contribution < 1.29 is 9.53 Å². The number of para-hydroxylation sites is 1. The lowest BCUT2D eigenvalue weighted by atomic mass is 10.2. The van der Waals surface area contributed by atoms with E-state index in [4.69, 9.17) is 4.74 Å². The van der Waals surface area contributed by atoms with Crippen molar-refractivity contribution >= 4 is 38.7 Å². The topological polar surface area (TPSA) is 70.6 Å². The molecule has 2 aromatic rings. The molecule has 1 aromatic carbocycles. The molecule has 0 spiro atoms. The Morgan fingerprint density at radius 3 is 2.64 bits per heavy atom. The zero-order chi connectivity index (χ0) is 20.3. The molecule has 1 fully saturated rings. The van der Waals surface area contributed by atoms with Crippen LogP contribution in [-0.4, -0.2) is 70.2 Å². The second kappa shape index (κ2) is 8.61. The first-order chi connectivity index (χ1) is 13.2. The Kier molecular flexibility index (Phi) is 6.40. The summed E-state index contributed by atoms with van der Waals surface area (Å²) in [5.74, 6) is 0.839. The van der Waals surface area contributed by atoms with Gasteiger partial charge in [0.1, 0.15) is 17.7 Å². The minimum absolute atomic E-state index is 0.213. The van der Waals surface area contributed by atoms with Crippen LogP contribution in [0.2, 0.25) is 0 Å². The van der Waals surface area contributed by atoms with Crippen molar-refractivity contribution in [3.63, 3.8) is 0 Å². The molecule has 0 saturated carbocycles. The molecule has 0 bridgehead atoms. The van der Waals surface area contributed by atoms with Crippen molar-refractivity contribution in [3.8, 4) is 0 Å². The highest BCUT2D eigenvalue weighted by Crippen LogP contribution is 2.26. The van der Waals surface area contributed by atoms with Gasteiger partial charge in [0.15, 0.2) is 0 Å². The van der Waals surface area contributed by atoms with Gasteiger partial charge in [-0.2, -0.15) is 0 Å². The Hall–Kier alpha value is -1.93. The second-order valence-electron chi connectivity index (χ2n) is 8.17. The molecule has 1 atom stereocenters. The first-order valence-corrected chi connectivity index (χ1v) is 10.4. The number of rotatable bonds is 4. The molecule has 0 aliphatic carbocycles. The summed E-state index contributed by atoms with van der Waals surface area (Å²) in [6, 6.07) is 6.20. The van der Waals surface area contributed by atoms with Gasteiger partial charge in [0.2, 0.25) is 0 Å². The lowest BCUT2D eigenvalue weighted by Crippen LogP contribution is -2.51. The fourth-order valence-corrected chi connectivity index (χ4v) is 3.74. The maximum atomic E-state index is 12.2. The highest BCUT2D eigenvalue weighted by molar-refractivity contribution is 9.10. The second-order valence-corrected chi connectivity index (χ2v) is 9.03. The summed E-state index contributed by atoms with van der Waals surface area (Å²) in [5.41, 5.74) is 0.445. The molecule has 2 heterocycles. The van der Waals surface area contributed by atoms with Crippen molar-refractivity contribution in [3.05, 3.63) is 29.0 Å². The maximum absolute atomic E-state index is 12.2. The molecule has 1 N–H and O–H groups in total. The normalized spacial score (nSPS) is 16.8. The van der Waals surface area contributed by atoms with E-state index in [1.807, 2.05) is 39.0 Å². The minimum atomic E-state index is -0.456. The molecule has 3 rings (SSSR count). The summed E-state index contributed by atoms with van der Waals surface area (Å²) >= 11 is 3.54. The van der Waals surface area contributed by atoms with Gasteiger partial charge in [-0.3, -0.25) is 4.90 Å². The van der Waals surface area contributed by atoms with E-state index in [1.54, 1.807) is 11.2 Å². The van der Waals surface area contributed by atoms with Gasteiger partial charge >= 0.3 is 6.09 Å². The lowest BCUT2D eigenvalue weighted by Gasteiger charge is -2.36. The van der Waals surface area contributed by atoms with Crippen LogP contribution in [0, 0.1) is 0 Å². The fourth-order valence-electron chi connectivity index (χ4n) is 3.27. The van der Waals surface area contributed by atoms with Crippen LogP contribution in [0.3, 0.4) is 0 Å². The van der Waals surface area contributed by atoms with Crippen LogP contribution in [-0.2, 0) is 4.74 Å². The molecule has 0 radical (unpaired) electrons. The van der Waals surface area contributed by atoms with Crippen LogP contribution in [0.5, 0.6) is 0 Å². The Labute approximate surface area is 174 Å². The zero-order valence-corrected chi connectivity index (χ0v) is 18.5. The quantitative estimate of drug-likeness (QED) is 0.766. The van der Waals surface area contributed by atoms with E-state index in [0.717, 1.165) is 40.8 Å². The molecule has 7 nitrogen and oxygen atoms in total. The number of anilines is 1. The average Bonchev–Trinajstić information content (AvgIpc) is 2.62. The third-order valence-electron chi connectivity index (χ3n) is 4.55.